The molecule has 0 fully saturated rings. The van der Waals surface area contributed by atoms with Crippen LogP contribution in [0.25, 0.3) is 10.9 Å². The van der Waals surface area contributed by atoms with Gasteiger partial charge in [0.05, 0.1) is 10.7 Å². The number of aromatic nitrogens is 1. The topological polar surface area (TPSA) is 134 Å². The maximum Gasteiger partial charge on any atom is 0.293 e. The predicted molar refractivity (Wildman–Crippen MR) is 110 cm³/mol. The fourth-order valence-electron chi connectivity index (χ4n) is 2.75. The number of anilines is 1. The number of sulfonamides is 1. The minimum Gasteiger partial charge on any atom is -0.345 e. The van der Waals surface area contributed by atoms with Gasteiger partial charge in [-0.05, 0) is 23.8 Å². The van der Waals surface area contributed by atoms with E-state index in [9.17, 15) is 23.3 Å². The first kappa shape index (κ1) is 20.2. The smallest absolute Gasteiger partial charge is 0.293 e. The molecule has 0 unspecified atom stereocenters. The van der Waals surface area contributed by atoms with Crippen molar-refractivity contribution in [2.75, 3.05) is 11.9 Å². The fourth-order valence-corrected chi connectivity index (χ4v) is 3.86. The Kier molecular flexibility index (Phi) is 5.76. The Morgan fingerprint density at radius 3 is 2.59 bits per heavy atom. The van der Waals surface area contributed by atoms with Gasteiger partial charge in [-0.1, -0.05) is 30.3 Å². The minimum absolute atomic E-state index is 0.114. The van der Waals surface area contributed by atoms with Gasteiger partial charge in [0.15, 0.2) is 0 Å². The Hall–Kier alpha value is -3.50. The van der Waals surface area contributed by atoms with Crippen LogP contribution in [-0.2, 0) is 15.8 Å². The lowest BCUT2D eigenvalue weighted by atomic mass is 10.2. The van der Waals surface area contributed by atoms with Crippen LogP contribution in [0.5, 0.6) is 0 Å². The Bertz CT molecular complexity index is 1180. The molecule has 0 saturated heterocycles. The van der Waals surface area contributed by atoms with E-state index in [1.807, 2.05) is 0 Å². The molecule has 0 radical (unpaired) electrons. The summed E-state index contributed by atoms with van der Waals surface area (Å²) in [6.45, 7) is 3.61. The summed E-state index contributed by atoms with van der Waals surface area (Å²) in [4.78, 5) is 25.8. The lowest BCUT2D eigenvalue weighted by Crippen LogP contribution is -2.25. The number of hydrogen-bond donors (Lipinski definition) is 3. The number of aromatic amines is 1. The molecule has 1 aromatic heterocycles. The highest BCUT2D eigenvalue weighted by atomic mass is 32.2. The number of carbonyl (C=O) groups excluding carboxylic acids is 1. The number of para-hydroxylation sites is 1. The maximum atomic E-state index is 12.5. The molecule has 0 atom stereocenters. The van der Waals surface area contributed by atoms with E-state index in [2.05, 4.69) is 21.6 Å². The highest BCUT2D eigenvalue weighted by Crippen LogP contribution is 2.25. The van der Waals surface area contributed by atoms with Crippen LogP contribution in [0.2, 0.25) is 0 Å². The van der Waals surface area contributed by atoms with Gasteiger partial charge < -0.3 is 10.3 Å². The standard InChI is InChI=1S/C19H18N4O5S/c1-2-10-20-29(27,28)12-13-6-8-15(9-7-13)21-19(24)16-11-14-4-3-5-17(23(25)26)18(14)22-16/h2-9,11,20,22H,1,10,12H2,(H,21,24). The molecule has 0 aliphatic rings. The highest BCUT2D eigenvalue weighted by Gasteiger charge is 2.17. The summed E-state index contributed by atoms with van der Waals surface area (Å²) in [6, 6.07) is 12.5. The summed E-state index contributed by atoms with van der Waals surface area (Å²) in [5, 5.41) is 14.3. The van der Waals surface area contributed by atoms with Crippen LogP contribution in [0.4, 0.5) is 11.4 Å². The zero-order chi connectivity index (χ0) is 21.0. The van der Waals surface area contributed by atoms with E-state index < -0.39 is 20.9 Å². The Morgan fingerprint density at radius 2 is 1.93 bits per heavy atom. The fraction of sp³-hybridized carbons (Fsp3) is 0.105. The Labute approximate surface area is 166 Å². The monoisotopic (exact) mass is 414 g/mol. The zero-order valence-electron chi connectivity index (χ0n) is 15.2. The summed E-state index contributed by atoms with van der Waals surface area (Å²) >= 11 is 0. The molecule has 0 bridgehead atoms. The molecule has 1 heterocycles. The number of H-pyrrole nitrogens is 1. The van der Waals surface area contributed by atoms with Crippen LogP contribution in [0, 0.1) is 10.1 Å². The van der Waals surface area contributed by atoms with Gasteiger partial charge in [0.1, 0.15) is 11.2 Å². The largest absolute Gasteiger partial charge is 0.345 e. The molecule has 150 valence electrons. The first-order valence-corrected chi connectivity index (χ1v) is 10.2. The molecule has 10 heteroatoms. The quantitative estimate of drug-likeness (QED) is 0.296. The molecule has 29 heavy (non-hydrogen) atoms. The second-order valence-electron chi connectivity index (χ2n) is 6.23. The van der Waals surface area contributed by atoms with Crippen molar-refractivity contribution < 1.29 is 18.1 Å². The number of nitrogens with zero attached hydrogens (tertiary/aromatic N) is 1. The number of hydrogen-bond acceptors (Lipinski definition) is 5. The summed E-state index contributed by atoms with van der Waals surface area (Å²) in [6.07, 6.45) is 1.45. The first-order valence-electron chi connectivity index (χ1n) is 8.54. The van der Waals surface area contributed by atoms with E-state index in [0.717, 1.165) is 0 Å². The van der Waals surface area contributed by atoms with Gasteiger partial charge in [-0.2, -0.15) is 0 Å². The van der Waals surface area contributed by atoms with Gasteiger partial charge >= 0.3 is 0 Å². The molecule has 9 nitrogen and oxygen atoms in total. The third kappa shape index (κ3) is 4.86. The number of fused-ring (bicyclic) bond motifs is 1. The molecule has 1 amide bonds. The molecule has 3 rings (SSSR count). The Balaban J connectivity index is 1.73. The van der Waals surface area contributed by atoms with E-state index >= 15 is 0 Å². The van der Waals surface area contributed by atoms with E-state index in [0.29, 0.717) is 16.6 Å². The number of non-ortho nitro benzene ring substituents is 1. The number of carbonyl (C=O) groups is 1. The number of nitro benzene ring substituents is 1. The second kappa shape index (κ2) is 8.25. The third-order valence-electron chi connectivity index (χ3n) is 4.09. The van der Waals surface area contributed by atoms with Gasteiger partial charge in [0, 0.05) is 23.7 Å². The zero-order valence-corrected chi connectivity index (χ0v) is 16.0. The van der Waals surface area contributed by atoms with Crippen LogP contribution in [0.1, 0.15) is 16.1 Å². The lowest BCUT2D eigenvalue weighted by molar-refractivity contribution is -0.383. The van der Waals surface area contributed by atoms with Crippen molar-refractivity contribution in [3.05, 3.63) is 82.6 Å². The van der Waals surface area contributed by atoms with Crippen molar-refractivity contribution in [3.63, 3.8) is 0 Å². The van der Waals surface area contributed by atoms with Crippen LogP contribution in [0.3, 0.4) is 0 Å². The minimum atomic E-state index is -3.47. The second-order valence-corrected chi connectivity index (χ2v) is 8.04. The number of nitro groups is 1. The SMILES string of the molecule is C=CCNS(=O)(=O)Cc1ccc(NC(=O)c2cc3cccc([N+](=O)[O-])c3[nH]2)cc1. The van der Waals surface area contributed by atoms with Crippen molar-refractivity contribution in [2.45, 2.75) is 5.75 Å². The molecule has 0 aliphatic carbocycles. The summed E-state index contributed by atoms with van der Waals surface area (Å²) in [7, 11) is -3.47. The molecule has 0 aliphatic heterocycles. The van der Waals surface area contributed by atoms with Crippen molar-refractivity contribution in [2.24, 2.45) is 0 Å². The van der Waals surface area contributed by atoms with Gasteiger partial charge in [-0.15, -0.1) is 6.58 Å². The molecule has 2 aromatic carbocycles. The third-order valence-corrected chi connectivity index (χ3v) is 5.41. The molecular weight excluding hydrogens is 396 g/mol. The first-order chi connectivity index (χ1) is 13.8. The average Bonchev–Trinajstić information content (AvgIpc) is 3.12. The van der Waals surface area contributed by atoms with Gasteiger partial charge in [-0.3, -0.25) is 14.9 Å². The molecule has 0 saturated carbocycles. The normalized spacial score (nSPS) is 11.3. The number of nitrogens with one attached hydrogen (secondary N) is 3. The molecular formula is C19H18N4O5S. The van der Waals surface area contributed by atoms with Gasteiger partial charge in [-0.25, -0.2) is 13.1 Å². The lowest BCUT2D eigenvalue weighted by Gasteiger charge is -2.07. The molecule has 3 N–H and O–H groups in total. The van der Waals surface area contributed by atoms with Crippen LogP contribution in [0.15, 0.2) is 61.2 Å². The molecule has 3 aromatic rings. The predicted octanol–water partition coefficient (Wildman–Crippen LogP) is 2.93. The van der Waals surface area contributed by atoms with Crippen LogP contribution >= 0.6 is 0 Å². The van der Waals surface area contributed by atoms with E-state index in [1.165, 1.54) is 18.2 Å². The van der Waals surface area contributed by atoms with Crippen molar-refractivity contribution >= 4 is 38.2 Å². The van der Waals surface area contributed by atoms with E-state index in [4.69, 9.17) is 0 Å². The van der Waals surface area contributed by atoms with Crippen molar-refractivity contribution in [1.82, 2.24) is 9.71 Å². The van der Waals surface area contributed by atoms with Gasteiger partial charge in [0.2, 0.25) is 10.0 Å². The average molecular weight is 414 g/mol. The summed E-state index contributed by atoms with van der Waals surface area (Å²) in [5.41, 5.74) is 1.35. The highest BCUT2D eigenvalue weighted by molar-refractivity contribution is 7.88. The van der Waals surface area contributed by atoms with E-state index in [1.54, 1.807) is 36.4 Å². The summed E-state index contributed by atoms with van der Waals surface area (Å²) < 4.78 is 26.2. The number of benzene rings is 2. The van der Waals surface area contributed by atoms with Crippen LogP contribution < -0.4 is 10.0 Å². The van der Waals surface area contributed by atoms with Gasteiger partial charge in [0.25, 0.3) is 11.6 Å². The van der Waals surface area contributed by atoms with Crippen molar-refractivity contribution in [1.29, 1.82) is 0 Å². The maximum absolute atomic E-state index is 12.5. The van der Waals surface area contributed by atoms with Crippen LogP contribution in [-0.4, -0.2) is 30.8 Å². The summed E-state index contributed by atoms with van der Waals surface area (Å²) in [5.74, 6) is -0.663. The van der Waals surface area contributed by atoms with E-state index in [-0.39, 0.29) is 29.2 Å². The number of rotatable bonds is 8. The Morgan fingerprint density at radius 1 is 1.21 bits per heavy atom. The van der Waals surface area contributed by atoms with Crippen molar-refractivity contribution in [3.8, 4) is 0 Å². The molecule has 0 spiro atoms. The number of amides is 1.